The number of hydrogen-bond acceptors (Lipinski definition) is 15. The summed E-state index contributed by atoms with van der Waals surface area (Å²) in [6.45, 7) is 10.5. The lowest BCUT2D eigenvalue weighted by atomic mass is 10.1. The molecule has 2 saturated heterocycles. The van der Waals surface area contributed by atoms with Crippen molar-refractivity contribution in [3.05, 3.63) is 116 Å². The van der Waals surface area contributed by atoms with Crippen molar-refractivity contribution in [2.45, 2.75) is 89.9 Å². The quantitative estimate of drug-likeness (QED) is 0.0417. The highest BCUT2D eigenvalue weighted by Gasteiger charge is 2.45. The third-order valence-corrected chi connectivity index (χ3v) is 12.5. The zero-order valence-corrected chi connectivity index (χ0v) is 44.7. The summed E-state index contributed by atoms with van der Waals surface area (Å²) in [6, 6.07) is 26.3. The van der Waals surface area contributed by atoms with E-state index in [0.29, 0.717) is 5.71 Å². The molecule has 0 saturated carbocycles. The van der Waals surface area contributed by atoms with Crippen molar-refractivity contribution in [1.82, 2.24) is 9.80 Å². The molecule has 0 spiro atoms. The number of halogens is 2. The average molecular weight is 1120 g/mol. The number of carbonyl (C=O) groups is 4. The Hall–Kier alpha value is -5.70. The zero-order valence-electron chi connectivity index (χ0n) is 40.7. The van der Waals surface area contributed by atoms with Crippen molar-refractivity contribution in [2.24, 2.45) is 10.3 Å². The number of esters is 2. The van der Waals surface area contributed by atoms with Crippen LogP contribution in [0.1, 0.15) is 76.6 Å². The van der Waals surface area contributed by atoms with Gasteiger partial charge in [-0.25, -0.2) is 19.2 Å². The third kappa shape index (κ3) is 14.3. The molecule has 6 radical (unpaired) electrons. The first-order valence-electron chi connectivity index (χ1n) is 21.7. The van der Waals surface area contributed by atoms with Crippen LogP contribution in [-0.2, 0) is 47.7 Å². The number of likely N-dealkylation sites (tertiary alicyclic amines) is 2. The van der Waals surface area contributed by atoms with Crippen LogP contribution in [-0.4, -0.2) is 145 Å². The summed E-state index contributed by atoms with van der Waals surface area (Å²) >= 11 is 6.96. The smallest absolute Gasteiger partial charge is 0.411 e. The molecule has 0 aromatic heterocycles. The number of hydrogen-bond donors (Lipinski definition) is 1. The van der Waals surface area contributed by atoms with Gasteiger partial charge in [0.2, 0.25) is 0 Å². The molecule has 71 heavy (non-hydrogen) atoms. The number of nitrogens with zero attached hydrogens (tertiary/aromatic N) is 4. The average Bonchev–Trinajstić information content (AvgIpc) is 4.04. The highest BCUT2D eigenvalue weighted by molar-refractivity contribution is 9.10. The second kappa shape index (κ2) is 23.7. The topological polar surface area (TPSA) is 209 Å². The molecular weight excluding hydrogens is 1070 g/mol. The Kier molecular flexibility index (Phi) is 19.3. The van der Waals surface area contributed by atoms with Gasteiger partial charge in [0.05, 0.1) is 39.7 Å². The summed E-state index contributed by atoms with van der Waals surface area (Å²) in [6.07, 6.45) is -1.32. The zero-order chi connectivity index (χ0) is 50.6. The number of amides is 2. The number of oxime groups is 2. The van der Waals surface area contributed by atoms with Gasteiger partial charge in [-0.1, -0.05) is 103 Å². The Morgan fingerprint density at radius 3 is 1.39 bits per heavy atom. The molecule has 4 aliphatic rings. The van der Waals surface area contributed by atoms with E-state index in [0.717, 1.165) is 70.3 Å². The maximum absolute atomic E-state index is 12.7. The lowest BCUT2D eigenvalue weighted by molar-refractivity contribution is -0.146. The summed E-state index contributed by atoms with van der Waals surface area (Å²) in [7, 11) is -1.18. The van der Waals surface area contributed by atoms with Gasteiger partial charge in [0.25, 0.3) is 10.1 Å². The SMILES string of the molecule is COC(=O)[C@@H]1C[C@@H](ON=C2c3ccccc3-c3ccc(Br)cc32)CN1C(=O)OC(C)(C)C.COC(=O)[C@@H]1C[C@H](OS(C)(=O)=O)CN1C(=O)OC(C)(C)C.ON=C1c2ccccc2-c2ccc(Br)cc21.[B].[B]. The lowest BCUT2D eigenvalue weighted by Gasteiger charge is -2.27. The summed E-state index contributed by atoms with van der Waals surface area (Å²) in [5, 5.41) is 17.0. The van der Waals surface area contributed by atoms with Gasteiger partial charge >= 0.3 is 24.1 Å². The van der Waals surface area contributed by atoms with Crippen molar-refractivity contribution < 1.29 is 60.8 Å². The minimum Gasteiger partial charge on any atom is -0.467 e. The molecule has 0 unspecified atom stereocenters. The van der Waals surface area contributed by atoms with Crippen LogP contribution in [0, 0.1) is 0 Å². The Balaban J connectivity index is 0.000000243. The van der Waals surface area contributed by atoms with Gasteiger partial charge in [0.15, 0.2) is 0 Å². The van der Waals surface area contributed by atoms with Crippen LogP contribution in [0.3, 0.4) is 0 Å². The molecule has 374 valence electrons. The molecule has 2 aliphatic carbocycles. The van der Waals surface area contributed by atoms with E-state index in [4.69, 9.17) is 28.4 Å². The van der Waals surface area contributed by atoms with E-state index < -0.39 is 69.7 Å². The van der Waals surface area contributed by atoms with Crippen LogP contribution >= 0.6 is 31.9 Å². The number of methoxy groups -OCH3 is 2. The standard InChI is InChI=1S/C24H25BrN2O5.C13H8BrNO.C12H21NO7S.2B/c1-24(2,3)31-23(29)27-13-15(12-20(27)22(28)30-4)32-26-21-18-8-6-5-7-16(18)17-10-9-14(25)11-19(17)21;14-8-5-6-10-9-3-1-2-4-11(9)13(15-16)12(10)7-8;1-12(2,3)19-11(15)13-7-8(20-21(5,16)17)6-9(13)10(14)18-4;;/h5-11,15,20H,12-13H2,1-4H3;1-7,16H;8-9H,6-7H2,1-5H3;;/t15-,20+;;8-,9-;;/m1.0../s1. The Bertz CT molecular complexity index is 2800. The number of fused-ring (bicyclic) bond motifs is 6. The molecule has 22 heteroatoms. The fraction of sp³-hybridized carbons (Fsp3) is 0.388. The molecule has 2 amide bonds. The molecule has 8 rings (SSSR count). The third-order valence-electron chi connectivity index (χ3n) is 10.9. The van der Waals surface area contributed by atoms with Gasteiger partial charge in [-0.15, -0.1) is 0 Å². The molecule has 4 atom stereocenters. The lowest BCUT2D eigenvalue weighted by Crippen LogP contribution is -2.44. The molecule has 4 aromatic carbocycles. The number of benzene rings is 4. The fourth-order valence-corrected chi connectivity index (χ4v) is 9.47. The summed E-state index contributed by atoms with van der Waals surface area (Å²) < 4.78 is 49.3. The van der Waals surface area contributed by atoms with E-state index in [1.54, 1.807) is 41.5 Å². The van der Waals surface area contributed by atoms with Crippen LogP contribution in [0.15, 0.2) is 104 Å². The second-order valence-electron chi connectivity index (χ2n) is 18.3. The molecule has 2 fully saturated rings. The largest absolute Gasteiger partial charge is 0.467 e. The molecule has 0 bridgehead atoms. The summed E-state index contributed by atoms with van der Waals surface area (Å²) in [5.74, 6) is -1.14. The van der Waals surface area contributed by atoms with Crippen molar-refractivity contribution in [3.63, 3.8) is 0 Å². The number of ether oxygens (including phenoxy) is 4. The van der Waals surface area contributed by atoms with Gasteiger partial charge in [-0.2, -0.15) is 8.42 Å². The Morgan fingerprint density at radius 1 is 0.606 bits per heavy atom. The first kappa shape index (κ1) is 57.9. The van der Waals surface area contributed by atoms with Crippen molar-refractivity contribution in [3.8, 4) is 22.3 Å². The van der Waals surface area contributed by atoms with Gasteiger partial charge in [0, 0.05) is 60.9 Å². The molecule has 2 heterocycles. The van der Waals surface area contributed by atoms with E-state index in [1.807, 2.05) is 78.9 Å². The molecule has 17 nitrogen and oxygen atoms in total. The molecule has 1 N–H and O–H groups in total. The van der Waals surface area contributed by atoms with E-state index in [1.165, 1.54) is 19.1 Å². The van der Waals surface area contributed by atoms with Gasteiger partial charge in [-0.3, -0.25) is 14.0 Å². The van der Waals surface area contributed by atoms with Gasteiger partial charge in [-0.05, 0) is 88.1 Å². The van der Waals surface area contributed by atoms with Gasteiger partial charge < -0.3 is 29.0 Å². The first-order valence-corrected chi connectivity index (χ1v) is 25.1. The maximum Gasteiger partial charge on any atom is 0.411 e. The number of rotatable bonds is 6. The van der Waals surface area contributed by atoms with Gasteiger partial charge in [0.1, 0.15) is 40.8 Å². The minimum absolute atomic E-state index is 0. The number of carbonyl (C=O) groups excluding carboxylic acids is 4. The van der Waals surface area contributed by atoms with E-state index in [2.05, 4.69) is 53.0 Å². The predicted octanol–water partition coefficient (Wildman–Crippen LogP) is 8.16. The molecule has 2 aliphatic heterocycles. The predicted molar refractivity (Wildman–Crippen MR) is 275 cm³/mol. The van der Waals surface area contributed by atoms with Crippen LogP contribution in [0.25, 0.3) is 22.3 Å². The normalized spacial score (nSPS) is 19.5. The first-order chi connectivity index (χ1) is 32.4. The summed E-state index contributed by atoms with van der Waals surface area (Å²) in [4.78, 5) is 57.2. The van der Waals surface area contributed by atoms with E-state index in [-0.39, 0.29) is 42.8 Å². The monoisotopic (exact) mass is 1120 g/mol. The van der Waals surface area contributed by atoms with Crippen molar-refractivity contribution in [2.75, 3.05) is 33.6 Å². The minimum atomic E-state index is -3.68. The summed E-state index contributed by atoms with van der Waals surface area (Å²) in [5.41, 5.74) is 8.27. The van der Waals surface area contributed by atoms with Crippen molar-refractivity contribution in [1.29, 1.82) is 0 Å². The fourth-order valence-electron chi connectivity index (χ4n) is 8.12. The Morgan fingerprint density at radius 2 is 0.986 bits per heavy atom. The highest BCUT2D eigenvalue weighted by atomic mass is 79.9. The molecule has 4 aromatic rings. The van der Waals surface area contributed by atoms with Crippen LogP contribution in [0.5, 0.6) is 0 Å². The second-order valence-corrected chi connectivity index (χ2v) is 21.8. The van der Waals surface area contributed by atoms with Crippen LogP contribution in [0.2, 0.25) is 0 Å². The van der Waals surface area contributed by atoms with E-state index >= 15 is 0 Å². The maximum atomic E-state index is 12.7. The highest BCUT2D eigenvalue weighted by Crippen LogP contribution is 2.40. The van der Waals surface area contributed by atoms with E-state index in [9.17, 15) is 27.6 Å². The van der Waals surface area contributed by atoms with Crippen LogP contribution < -0.4 is 0 Å². The molecular formula is C49H54B2Br2N4O13S. The van der Waals surface area contributed by atoms with Crippen molar-refractivity contribution >= 4 is 94.4 Å². The van der Waals surface area contributed by atoms with Crippen LogP contribution in [0.4, 0.5) is 9.59 Å². The Labute approximate surface area is 434 Å².